The first-order valence-electron chi connectivity index (χ1n) is 4.10. The number of phenolic OH excluding ortho intramolecular Hbond substituents is 1. The standard InChI is InChI=1S/C9H11Cl2NO2.ClH/c10-6-3-5(8(12)1-2-13)4-7(11)9(6)14;/h3-4,8,13-14H,1-2,12H2;1H/t8-;/m1./s1. The van der Waals surface area contributed by atoms with Crippen molar-refractivity contribution in [1.29, 1.82) is 0 Å². The van der Waals surface area contributed by atoms with Gasteiger partial charge in [-0.3, -0.25) is 0 Å². The van der Waals surface area contributed by atoms with Crippen LogP contribution in [0.5, 0.6) is 5.75 Å². The van der Waals surface area contributed by atoms with E-state index in [4.69, 9.17) is 34.0 Å². The molecule has 0 fully saturated rings. The highest BCUT2D eigenvalue weighted by molar-refractivity contribution is 6.37. The van der Waals surface area contributed by atoms with Crippen LogP contribution in [0.2, 0.25) is 10.0 Å². The average molecular weight is 273 g/mol. The predicted octanol–water partition coefficient (Wildman–Crippen LogP) is 2.50. The zero-order valence-corrected chi connectivity index (χ0v) is 10.1. The van der Waals surface area contributed by atoms with Gasteiger partial charge in [0.25, 0.3) is 0 Å². The third-order valence-electron chi connectivity index (χ3n) is 1.91. The van der Waals surface area contributed by atoms with Crippen molar-refractivity contribution < 1.29 is 10.2 Å². The maximum absolute atomic E-state index is 9.29. The Hall–Kier alpha value is -0.190. The van der Waals surface area contributed by atoms with Crippen LogP contribution in [0.15, 0.2) is 12.1 Å². The number of rotatable bonds is 3. The molecule has 1 atom stereocenters. The number of nitrogens with two attached hydrogens (primary N) is 1. The van der Waals surface area contributed by atoms with E-state index >= 15 is 0 Å². The Bertz CT molecular complexity index is 310. The second-order valence-electron chi connectivity index (χ2n) is 2.95. The molecule has 1 aromatic carbocycles. The Kier molecular flexibility index (Phi) is 6.32. The molecule has 0 aromatic heterocycles. The Morgan fingerprint density at radius 1 is 1.27 bits per heavy atom. The van der Waals surface area contributed by atoms with Crippen molar-refractivity contribution in [2.45, 2.75) is 12.5 Å². The van der Waals surface area contributed by atoms with E-state index in [1.807, 2.05) is 0 Å². The highest BCUT2D eigenvalue weighted by Crippen LogP contribution is 2.34. The highest BCUT2D eigenvalue weighted by atomic mass is 35.5. The molecule has 0 heterocycles. The number of halogens is 3. The Morgan fingerprint density at radius 2 is 1.73 bits per heavy atom. The van der Waals surface area contributed by atoms with Crippen molar-refractivity contribution in [3.8, 4) is 5.75 Å². The molecule has 0 unspecified atom stereocenters. The molecular weight excluding hydrogens is 260 g/mol. The molecule has 1 aromatic rings. The third-order valence-corrected chi connectivity index (χ3v) is 2.48. The number of hydrogen-bond donors (Lipinski definition) is 3. The van der Waals surface area contributed by atoms with Gasteiger partial charge in [-0.25, -0.2) is 0 Å². The molecule has 6 heteroatoms. The summed E-state index contributed by atoms with van der Waals surface area (Å²) >= 11 is 11.4. The lowest BCUT2D eigenvalue weighted by molar-refractivity contribution is 0.276. The fourth-order valence-corrected chi connectivity index (χ4v) is 1.61. The SMILES string of the molecule is Cl.N[C@H](CCO)c1cc(Cl)c(O)c(Cl)c1. The lowest BCUT2D eigenvalue weighted by atomic mass is 10.1. The number of aliphatic hydroxyl groups excluding tert-OH is 1. The van der Waals surface area contributed by atoms with Gasteiger partial charge in [-0.05, 0) is 24.1 Å². The summed E-state index contributed by atoms with van der Waals surface area (Å²) in [4.78, 5) is 0. The van der Waals surface area contributed by atoms with Crippen LogP contribution in [0.3, 0.4) is 0 Å². The van der Waals surface area contributed by atoms with E-state index in [9.17, 15) is 5.11 Å². The van der Waals surface area contributed by atoms with Gasteiger partial charge in [0.1, 0.15) is 0 Å². The van der Waals surface area contributed by atoms with Crippen LogP contribution in [-0.2, 0) is 0 Å². The topological polar surface area (TPSA) is 66.5 Å². The van der Waals surface area contributed by atoms with Crippen molar-refractivity contribution in [2.75, 3.05) is 6.61 Å². The maximum atomic E-state index is 9.29. The molecule has 0 saturated heterocycles. The second kappa shape index (κ2) is 6.40. The molecule has 0 amide bonds. The van der Waals surface area contributed by atoms with Gasteiger partial charge in [0.2, 0.25) is 0 Å². The molecule has 0 radical (unpaired) electrons. The zero-order valence-electron chi connectivity index (χ0n) is 7.78. The lowest BCUT2D eigenvalue weighted by Gasteiger charge is -2.12. The molecule has 1 rings (SSSR count). The van der Waals surface area contributed by atoms with E-state index in [1.54, 1.807) is 12.1 Å². The van der Waals surface area contributed by atoms with E-state index in [0.717, 1.165) is 0 Å². The molecule has 0 aliphatic heterocycles. The van der Waals surface area contributed by atoms with E-state index < -0.39 is 0 Å². The Labute approximate surface area is 104 Å². The van der Waals surface area contributed by atoms with Crippen molar-refractivity contribution >= 4 is 35.6 Å². The largest absolute Gasteiger partial charge is 0.505 e. The first kappa shape index (κ1) is 14.8. The van der Waals surface area contributed by atoms with Crippen LogP contribution in [0, 0.1) is 0 Å². The summed E-state index contributed by atoms with van der Waals surface area (Å²) in [7, 11) is 0. The third kappa shape index (κ3) is 3.70. The van der Waals surface area contributed by atoms with Crippen molar-refractivity contribution in [3.05, 3.63) is 27.7 Å². The van der Waals surface area contributed by atoms with Gasteiger partial charge >= 0.3 is 0 Å². The molecule has 4 N–H and O–H groups in total. The smallest absolute Gasteiger partial charge is 0.152 e. The quantitative estimate of drug-likeness (QED) is 0.792. The van der Waals surface area contributed by atoms with Crippen molar-refractivity contribution in [1.82, 2.24) is 0 Å². The highest BCUT2D eigenvalue weighted by Gasteiger charge is 2.11. The van der Waals surface area contributed by atoms with Gasteiger partial charge in [0, 0.05) is 12.6 Å². The fourth-order valence-electron chi connectivity index (χ4n) is 1.10. The van der Waals surface area contributed by atoms with Crippen molar-refractivity contribution in [2.24, 2.45) is 5.73 Å². The average Bonchev–Trinajstić information content (AvgIpc) is 2.13. The number of benzene rings is 1. The minimum absolute atomic E-state index is 0. The minimum Gasteiger partial charge on any atom is -0.505 e. The monoisotopic (exact) mass is 271 g/mol. The Morgan fingerprint density at radius 3 is 2.13 bits per heavy atom. The molecule has 0 aliphatic rings. The molecule has 3 nitrogen and oxygen atoms in total. The van der Waals surface area contributed by atoms with E-state index in [-0.39, 0.29) is 40.9 Å². The molecule has 0 saturated carbocycles. The summed E-state index contributed by atoms with van der Waals surface area (Å²) in [6.07, 6.45) is 0.428. The summed E-state index contributed by atoms with van der Waals surface area (Å²) in [6.45, 7) is -0.00270. The molecular formula is C9H12Cl3NO2. The maximum Gasteiger partial charge on any atom is 0.152 e. The van der Waals surface area contributed by atoms with Gasteiger partial charge < -0.3 is 15.9 Å². The molecule has 0 aliphatic carbocycles. The Balaban J connectivity index is 0.00000196. The summed E-state index contributed by atoms with van der Waals surface area (Å²) < 4.78 is 0. The summed E-state index contributed by atoms with van der Waals surface area (Å²) in [6, 6.07) is 2.77. The molecule has 86 valence electrons. The number of aliphatic hydroxyl groups is 1. The summed E-state index contributed by atoms with van der Waals surface area (Å²) in [5.41, 5.74) is 6.44. The van der Waals surface area contributed by atoms with E-state index in [2.05, 4.69) is 0 Å². The fraction of sp³-hybridized carbons (Fsp3) is 0.333. The van der Waals surface area contributed by atoms with Crippen LogP contribution < -0.4 is 5.73 Å². The lowest BCUT2D eigenvalue weighted by Crippen LogP contribution is -2.11. The number of phenols is 1. The van der Waals surface area contributed by atoms with E-state index in [0.29, 0.717) is 12.0 Å². The van der Waals surface area contributed by atoms with Gasteiger partial charge in [-0.1, -0.05) is 23.2 Å². The number of aromatic hydroxyl groups is 1. The summed E-state index contributed by atoms with van der Waals surface area (Å²) in [5.74, 6) is -0.145. The molecule has 0 bridgehead atoms. The second-order valence-corrected chi connectivity index (χ2v) is 3.77. The van der Waals surface area contributed by atoms with Crippen LogP contribution in [0.25, 0.3) is 0 Å². The first-order valence-corrected chi connectivity index (χ1v) is 4.86. The zero-order chi connectivity index (χ0) is 10.7. The van der Waals surface area contributed by atoms with E-state index in [1.165, 1.54) is 0 Å². The number of hydrogen-bond acceptors (Lipinski definition) is 3. The van der Waals surface area contributed by atoms with Crippen LogP contribution in [-0.4, -0.2) is 16.8 Å². The van der Waals surface area contributed by atoms with Crippen molar-refractivity contribution in [3.63, 3.8) is 0 Å². The van der Waals surface area contributed by atoms with Crippen LogP contribution in [0.4, 0.5) is 0 Å². The van der Waals surface area contributed by atoms with Gasteiger partial charge in [-0.15, -0.1) is 12.4 Å². The first-order chi connectivity index (χ1) is 6.56. The summed E-state index contributed by atoms with van der Waals surface area (Å²) in [5, 5.41) is 18.3. The predicted molar refractivity (Wildman–Crippen MR) is 64.0 cm³/mol. The normalized spacial score (nSPS) is 12.0. The molecule has 15 heavy (non-hydrogen) atoms. The van der Waals surface area contributed by atoms with Crippen LogP contribution in [0.1, 0.15) is 18.0 Å². The van der Waals surface area contributed by atoms with Crippen LogP contribution >= 0.6 is 35.6 Å². The van der Waals surface area contributed by atoms with Gasteiger partial charge in [0.15, 0.2) is 5.75 Å². The minimum atomic E-state index is -0.324. The molecule has 0 spiro atoms. The van der Waals surface area contributed by atoms with Gasteiger partial charge in [-0.2, -0.15) is 0 Å². The van der Waals surface area contributed by atoms with Gasteiger partial charge in [0.05, 0.1) is 10.0 Å².